The summed E-state index contributed by atoms with van der Waals surface area (Å²) >= 11 is 5.86. The molecular formula is C12H11ClN4O3. The summed E-state index contributed by atoms with van der Waals surface area (Å²) in [5, 5.41) is 17.3. The summed E-state index contributed by atoms with van der Waals surface area (Å²) in [7, 11) is 1.77. The Hall–Kier alpha value is -2.41. The van der Waals surface area contributed by atoms with Crippen molar-refractivity contribution in [3.63, 3.8) is 0 Å². The molecule has 0 spiro atoms. The molecule has 0 atom stereocenters. The van der Waals surface area contributed by atoms with Gasteiger partial charge in [-0.05, 0) is 12.1 Å². The van der Waals surface area contributed by atoms with Crippen LogP contribution in [-0.4, -0.2) is 20.6 Å². The van der Waals surface area contributed by atoms with Crippen LogP contribution in [0, 0.1) is 10.1 Å². The summed E-state index contributed by atoms with van der Waals surface area (Å²) in [6, 6.07) is 5.86. The van der Waals surface area contributed by atoms with Gasteiger partial charge in [0.25, 0.3) is 11.6 Å². The molecule has 1 N–H and O–H groups in total. The minimum absolute atomic E-state index is 0.0665. The van der Waals surface area contributed by atoms with E-state index in [-0.39, 0.29) is 22.8 Å². The maximum atomic E-state index is 12.0. The van der Waals surface area contributed by atoms with E-state index in [0.717, 1.165) is 0 Å². The second-order valence-corrected chi connectivity index (χ2v) is 4.44. The van der Waals surface area contributed by atoms with E-state index >= 15 is 0 Å². The Kier molecular flexibility index (Phi) is 3.99. The van der Waals surface area contributed by atoms with E-state index in [1.165, 1.54) is 18.2 Å². The number of halogens is 1. The Morgan fingerprint density at radius 2 is 2.25 bits per heavy atom. The van der Waals surface area contributed by atoms with Crippen LogP contribution in [0.4, 0.5) is 5.69 Å². The molecule has 7 nitrogen and oxygen atoms in total. The normalized spacial score (nSPS) is 10.3. The van der Waals surface area contributed by atoms with Crippen LogP contribution in [0.15, 0.2) is 30.5 Å². The second-order valence-electron chi connectivity index (χ2n) is 4.06. The standard InChI is InChI=1S/C12H11ClN4O3/c1-16-6-5-8(15-16)7-14-12(18)9-3-2-4-10(11(9)13)17(19)20/h2-6H,7H2,1H3,(H,14,18). The average Bonchev–Trinajstić information content (AvgIpc) is 2.81. The van der Waals surface area contributed by atoms with Crippen molar-refractivity contribution in [1.82, 2.24) is 15.1 Å². The number of aromatic nitrogens is 2. The number of amides is 1. The molecule has 0 aliphatic rings. The number of aryl methyl sites for hydroxylation is 1. The van der Waals surface area contributed by atoms with Crippen molar-refractivity contribution in [2.75, 3.05) is 0 Å². The van der Waals surface area contributed by atoms with E-state index in [1.54, 1.807) is 24.0 Å². The molecule has 104 valence electrons. The Labute approximate surface area is 119 Å². The van der Waals surface area contributed by atoms with Crippen LogP contribution in [-0.2, 0) is 13.6 Å². The second kappa shape index (κ2) is 5.70. The zero-order valence-electron chi connectivity index (χ0n) is 10.5. The van der Waals surface area contributed by atoms with Crippen LogP contribution in [0.25, 0.3) is 0 Å². The quantitative estimate of drug-likeness (QED) is 0.689. The highest BCUT2D eigenvalue weighted by atomic mass is 35.5. The molecule has 20 heavy (non-hydrogen) atoms. The average molecular weight is 295 g/mol. The van der Waals surface area contributed by atoms with Gasteiger partial charge >= 0.3 is 0 Å². The highest BCUT2D eigenvalue weighted by Gasteiger charge is 2.19. The van der Waals surface area contributed by atoms with Crippen LogP contribution < -0.4 is 5.32 Å². The molecule has 1 amide bonds. The van der Waals surface area contributed by atoms with E-state index in [0.29, 0.717) is 5.69 Å². The molecule has 2 aromatic rings. The number of benzene rings is 1. The summed E-state index contributed by atoms with van der Waals surface area (Å²) in [6.07, 6.45) is 1.75. The molecule has 0 saturated heterocycles. The molecular weight excluding hydrogens is 284 g/mol. The van der Waals surface area contributed by atoms with Gasteiger partial charge in [0, 0.05) is 19.3 Å². The Bertz CT molecular complexity index is 668. The molecule has 0 aliphatic heterocycles. The topological polar surface area (TPSA) is 90.1 Å². The summed E-state index contributed by atoms with van der Waals surface area (Å²) in [6.45, 7) is 0.221. The number of carbonyl (C=O) groups excluding carboxylic acids is 1. The summed E-state index contributed by atoms with van der Waals surface area (Å²) in [5.74, 6) is -0.482. The van der Waals surface area contributed by atoms with Crippen LogP contribution in [0.1, 0.15) is 16.1 Å². The van der Waals surface area contributed by atoms with Crippen LogP contribution >= 0.6 is 11.6 Å². The van der Waals surface area contributed by atoms with Gasteiger partial charge < -0.3 is 5.32 Å². The number of nitro benzene ring substituents is 1. The molecule has 0 radical (unpaired) electrons. The monoisotopic (exact) mass is 294 g/mol. The van der Waals surface area contributed by atoms with Crippen molar-refractivity contribution in [2.45, 2.75) is 6.54 Å². The Balaban J connectivity index is 2.13. The van der Waals surface area contributed by atoms with Crippen molar-refractivity contribution in [3.8, 4) is 0 Å². The van der Waals surface area contributed by atoms with Gasteiger partial charge in [0.1, 0.15) is 5.02 Å². The lowest BCUT2D eigenvalue weighted by molar-refractivity contribution is -0.384. The minimum atomic E-state index is -0.627. The number of nitrogens with zero attached hydrogens (tertiary/aromatic N) is 3. The van der Waals surface area contributed by atoms with Gasteiger partial charge in [0.05, 0.1) is 22.7 Å². The first-order chi connectivity index (χ1) is 9.49. The van der Waals surface area contributed by atoms with Gasteiger partial charge in [0.2, 0.25) is 0 Å². The third-order valence-electron chi connectivity index (χ3n) is 2.62. The largest absolute Gasteiger partial charge is 0.346 e. The lowest BCUT2D eigenvalue weighted by Gasteiger charge is -2.05. The van der Waals surface area contributed by atoms with Gasteiger partial charge in [-0.1, -0.05) is 17.7 Å². The fourth-order valence-corrected chi connectivity index (χ4v) is 1.94. The smallest absolute Gasteiger partial charge is 0.288 e. The van der Waals surface area contributed by atoms with Gasteiger partial charge in [-0.15, -0.1) is 0 Å². The zero-order valence-corrected chi connectivity index (χ0v) is 11.3. The van der Waals surface area contributed by atoms with Crippen molar-refractivity contribution in [2.24, 2.45) is 7.05 Å². The highest BCUT2D eigenvalue weighted by Crippen LogP contribution is 2.27. The maximum absolute atomic E-state index is 12.0. The maximum Gasteiger partial charge on any atom is 0.288 e. The number of hydrogen-bond donors (Lipinski definition) is 1. The van der Waals surface area contributed by atoms with Gasteiger partial charge in [-0.25, -0.2) is 0 Å². The Morgan fingerprint density at radius 1 is 1.50 bits per heavy atom. The van der Waals surface area contributed by atoms with Gasteiger partial charge in [-0.2, -0.15) is 5.10 Å². The molecule has 1 aromatic heterocycles. The molecule has 8 heteroatoms. The molecule has 2 rings (SSSR count). The molecule has 1 aromatic carbocycles. The predicted molar refractivity (Wildman–Crippen MR) is 72.5 cm³/mol. The highest BCUT2D eigenvalue weighted by molar-refractivity contribution is 6.35. The molecule has 0 bridgehead atoms. The fourth-order valence-electron chi connectivity index (χ4n) is 1.66. The first-order valence-corrected chi connectivity index (χ1v) is 6.06. The summed E-state index contributed by atoms with van der Waals surface area (Å²) < 4.78 is 1.61. The first-order valence-electron chi connectivity index (χ1n) is 5.68. The minimum Gasteiger partial charge on any atom is -0.346 e. The van der Waals surface area contributed by atoms with Crippen molar-refractivity contribution >= 4 is 23.2 Å². The predicted octanol–water partition coefficient (Wildman–Crippen LogP) is 1.91. The number of carbonyl (C=O) groups is 1. The van der Waals surface area contributed by atoms with E-state index in [4.69, 9.17) is 11.6 Å². The summed E-state index contributed by atoms with van der Waals surface area (Å²) in [5.41, 5.74) is 0.455. The van der Waals surface area contributed by atoms with Crippen LogP contribution in [0.2, 0.25) is 5.02 Å². The first kappa shape index (κ1) is 14.0. The third-order valence-corrected chi connectivity index (χ3v) is 3.02. The lowest BCUT2D eigenvalue weighted by Crippen LogP contribution is -2.23. The van der Waals surface area contributed by atoms with E-state index in [9.17, 15) is 14.9 Å². The molecule has 1 heterocycles. The zero-order chi connectivity index (χ0) is 14.7. The van der Waals surface area contributed by atoms with Crippen LogP contribution in [0.5, 0.6) is 0 Å². The number of rotatable bonds is 4. The van der Waals surface area contributed by atoms with Gasteiger partial charge in [0.15, 0.2) is 0 Å². The lowest BCUT2D eigenvalue weighted by atomic mass is 10.2. The molecule has 0 saturated carbocycles. The SMILES string of the molecule is Cn1ccc(CNC(=O)c2cccc([N+](=O)[O-])c2Cl)n1. The van der Waals surface area contributed by atoms with Crippen molar-refractivity contribution in [1.29, 1.82) is 0 Å². The van der Waals surface area contributed by atoms with E-state index < -0.39 is 10.8 Å². The van der Waals surface area contributed by atoms with Crippen molar-refractivity contribution in [3.05, 3.63) is 56.9 Å². The summed E-state index contributed by atoms with van der Waals surface area (Å²) in [4.78, 5) is 22.1. The van der Waals surface area contributed by atoms with E-state index in [2.05, 4.69) is 10.4 Å². The molecule has 0 aliphatic carbocycles. The van der Waals surface area contributed by atoms with Crippen molar-refractivity contribution < 1.29 is 9.72 Å². The third kappa shape index (κ3) is 2.94. The van der Waals surface area contributed by atoms with E-state index in [1.807, 2.05) is 0 Å². The molecule has 0 fully saturated rings. The number of nitro groups is 1. The number of hydrogen-bond acceptors (Lipinski definition) is 4. The number of nitrogens with one attached hydrogen (secondary N) is 1. The van der Waals surface area contributed by atoms with Crippen LogP contribution in [0.3, 0.4) is 0 Å². The molecule has 0 unspecified atom stereocenters. The Morgan fingerprint density at radius 3 is 2.85 bits per heavy atom. The fraction of sp³-hybridized carbons (Fsp3) is 0.167. The van der Waals surface area contributed by atoms with Gasteiger partial charge in [-0.3, -0.25) is 19.6 Å².